The minimum atomic E-state index is -0.283. The first-order chi connectivity index (χ1) is 7.65. The molecule has 4 nitrogen and oxygen atoms in total. The summed E-state index contributed by atoms with van der Waals surface area (Å²) in [7, 11) is 0. The van der Waals surface area contributed by atoms with Crippen LogP contribution >= 0.6 is 12.2 Å². The van der Waals surface area contributed by atoms with Crippen LogP contribution < -0.4 is 5.73 Å². The Kier molecular flexibility index (Phi) is 5.69. The lowest BCUT2D eigenvalue weighted by atomic mass is 10.1. The van der Waals surface area contributed by atoms with E-state index in [-0.39, 0.29) is 12.0 Å². The van der Waals surface area contributed by atoms with Crippen LogP contribution in [0.3, 0.4) is 0 Å². The van der Waals surface area contributed by atoms with Crippen LogP contribution in [0.25, 0.3) is 0 Å². The van der Waals surface area contributed by atoms with Gasteiger partial charge in [0.25, 0.3) is 5.91 Å². The summed E-state index contributed by atoms with van der Waals surface area (Å²) in [6, 6.07) is 0. The quantitative estimate of drug-likeness (QED) is 0.735. The van der Waals surface area contributed by atoms with E-state index in [2.05, 4.69) is 0 Å². The van der Waals surface area contributed by atoms with Crippen molar-refractivity contribution in [2.24, 2.45) is 5.73 Å². The number of rotatable bonds is 5. The highest BCUT2D eigenvalue weighted by molar-refractivity contribution is 7.80. The van der Waals surface area contributed by atoms with Gasteiger partial charge in [0.2, 0.25) is 0 Å². The van der Waals surface area contributed by atoms with E-state index in [0.717, 1.165) is 25.7 Å². The van der Waals surface area contributed by atoms with Gasteiger partial charge in [0, 0.05) is 13.2 Å². The second-order valence-corrected chi connectivity index (χ2v) is 4.61. The first-order valence-electron chi connectivity index (χ1n) is 5.83. The smallest absolute Gasteiger partial charge is 0.252 e. The van der Waals surface area contributed by atoms with Crippen molar-refractivity contribution >= 4 is 23.1 Å². The molecule has 0 aromatic heterocycles. The van der Waals surface area contributed by atoms with Gasteiger partial charge in [-0.25, -0.2) is 0 Å². The van der Waals surface area contributed by atoms with Crippen molar-refractivity contribution in [2.75, 3.05) is 19.7 Å². The van der Waals surface area contributed by atoms with Crippen LogP contribution in [0.5, 0.6) is 0 Å². The van der Waals surface area contributed by atoms with Gasteiger partial charge < -0.3 is 15.4 Å². The van der Waals surface area contributed by atoms with Gasteiger partial charge in [0.15, 0.2) is 0 Å². The minimum absolute atomic E-state index is 0.0364. The predicted octanol–water partition coefficient (Wildman–Crippen LogP) is 1.08. The van der Waals surface area contributed by atoms with Crippen LogP contribution in [0.2, 0.25) is 0 Å². The maximum absolute atomic E-state index is 12.1. The fraction of sp³-hybridized carbons (Fsp3) is 0.818. The molecule has 1 unspecified atom stereocenters. The summed E-state index contributed by atoms with van der Waals surface area (Å²) in [5.74, 6) is 0.0364. The number of nitrogens with zero attached hydrogens (tertiary/aromatic N) is 1. The van der Waals surface area contributed by atoms with E-state index in [4.69, 9.17) is 22.7 Å². The van der Waals surface area contributed by atoms with Crippen LogP contribution in [0.4, 0.5) is 0 Å². The summed E-state index contributed by atoms with van der Waals surface area (Å²) in [5, 5.41) is 0. The highest BCUT2D eigenvalue weighted by atomic mass is 32.1. The average Bonchev–Trinajstić information content (AvgIpc) is 2.28. The molecule has 0 aliphatic carbocycles. The minimum Gasteiger partial charge on any atom is -0.392 e. The Balaban J connectivity index is 2.54. The van der Waals surface area contributed by atoms with Crippen LogP contribution in [0.15, 0.2) is 0 Å². The summed E-state index contributed by atoms with van der Waals surface area (Å²) in [6.07, 6.45) is 3.54. The lowest BCUT2D eigenvalue weighted by molar-refractivity contribution is -0.145. The van der Waals surface area contributed by atoms with E-state index in [0.29, 0.717) is 24.7 Å². The third kappa shape index (κ3) is 4.06. The van der Waals surface area contributed by atoms with E-state index < -0.39 is 0 Å². The fourth-order valence-corrected chi connectivity index (χ4v) is 2.02. The molecule has 1 atom stereocenters. The predicted molar refractivity (Wildman–Crippen MR) is 67.2 cm³/mol. The molecule has 0 spiro atoms. The van der Waals surface area contributed by atoms with Crippen molar-refractivity contribution in [3.05, 3.63) is 0 Å². The molecule has 0 aromatic rings. The summed E-state index contributed by atoms with van der Waals surface area (Å²) in [4.78, 5) is 14.2. The third-order valence-corrected chi connectivity index (χ3v) is 2.74. The Morgan fingerprint density at radius 3 is 2.81 bits per heavy atom. The number of nitrogens with two attached hydrogens (primary N) is 1. The Labute approximate surface area is 102 Å². The van der Waals surface area contributed by atoms with Gasteiger partial charge in [-0.2, -0.15) is 0 Å². The van der Waals surface area contributed by atoms with E-state index in [9.17, 15) is 4.79 Å². The molecule has 92 valence electrons. The Morgan fingerprint density at radius 1 is 1.56 bits per heavy atom. The molecule has 1 saturated heterocycles. The molecule has 1 aliphatic heterocycles. The molecule has 1 aliphatic rings. The number of hydrogen-bond acceptors (Lipinski definition) is 3. The largest absolute Gasteiger partial charge is 0.392 e. The number of hydrogen-bond donors (Lipinski definition) is 1. The van der Waals surface area contributed by atoms with Gasteiger partial charge in [-0.1, -0.05) is 19.1 Å². The summed E-state index contributed by atoms with van der Waals surface area (Å²) in [5.41, 5.74) is 5.49. The summed E-state index contributed by atoms with van der Waals surface area (Å²) < 4.78 is 5.47. The highest BCUT2D eigenvalue weighted by Gasteiger charge is 2.26. The van der Waals surface area contributed by atoms with E-state index >= 15 is 0 Å². The Bertz CT molecular complexity index is 252. The molecule has 0 saturated carbocycles. The Morgan fingerprint density at radius 2 is 2.31 bits per heavy atom. The molecule has 0 radical (unpaired) electrons. The van der Waals surface area contributed by atoms with E-state index in [1.807, 2.05) is 6.92 Å². The first kappa shape index (κ1) is 13.4. The summed E-state index contributed by atoms with van der Waals surface area (Å²) in [6.45, 7) is 3.77. The number of carbonyl (C=O) groups excluding carboxylic acids is 1. The monoisotopic (exact) mass is 244 g/mol. The SMILES string of the molecule is CCCN(CC(N)=S)C(=O)C1CCCCO1. The average molecular weight is 244 g/mol. The molecule has 2 N–H and O–H groups in total. The van der Waals surface area contributed by atoms with Crippen molar-refractivity contribution in [3.8, 4) is 0 Å². The number of carbonyl (C=O) groups is 1. The lowest BCUT2D eigenvalue weighted by Crippen LogP contribution is -2.45. The molecule has 5 heteroatoms. The van der Waals surface area contributed by atoms with Crippen LogP contribution in [-0.4, -0.2) is 41.6 Å². The van der Waals surface area contributed by atoms with Gasteiger partial charge >= 0.3 is 0 Å². The highest BCUT2D eigenvalue weighted by Crippen LogP contribution is 2.15. The Hall–Kier alpha value is -0.680. The normalized spacial score (nSPS) is 20.4. The zero-order valence-electron chi connectivity index (χ0n) is 9.78. The van der Waals surface area contributed by atoms with E-state index in [1.54, 1.807) is 4.90 Å². The van der Waals surface area contributed by atoms with Crippen molar-refractivity contribution < 1.29 is 9.53 Å². The molecular formula is C11H20N2O2S. The second-order valence-electron chi connectivity index (χ2n) is 4.08. The molecule has 0 aromatic carbocycles. The standard InChI is InChI=1S/C11H20N2O2S/c1-2-6-13(8-10(12)16)11(14)9-5-3-4-7-15-9/h9H,2-8H2,1H3,(H2,12,16). The zero-order valence-corrected chi connectivity index (χ0v) is 10.6. The number of thiocarbonyl (C=S) groups is 1. The van der Waals surface area contributed by atoms with Crippen LogP contribution in [0.1, 0.15) is 32.6 Å². The molecule has 0 bridgehead atoms. The number of amides is 1. The van der Waals surface area contributed by atoms with Crippen molar-refractivity contribution in [2.45, 2.75) is 38.7 Å². The first-order valence-corrected chi connectivity index (χ1v) is 6.24. The fourth-order valence-electron chi connectivity index (χ4n) is 1.86. The maximum atomic E-state index is 12.1. The summed E-state index contributed by atoms with van der Waals surface area (Å²) >= 11 is 4.85. The maximum Gasteiger partial charge on any atom is 0.252 e. The van der Waals surface area contributed by atoms with Gasteiger partial charge in [-0.3, -0.25) is 4.79 Å². The van der Waals surface area contributed by atoms with Crippen molar-refractivity contribution in [3.63, 3.8) is 0 Å². The molecule has 1 fully saturated rings. The van der Waals surface area contributed by atoms with E-state index in [1.165, 1.54) is 0 Å². The topological polar surface area (TPSA) is 55.6 Å². The zero-order chi connectivity index (χ0) is 12.0. The molecular weight excluding hydrogens is 224 g/mol. The number of ether oxygens (including phenoxy) is 1. The lowest BCUT2D eigenvalue weighted by Gasteiger charge is -2.28. The molecule has 1 heterocycles. The van der Waals surface area contributed by atoms with Gasteiger partial charge in [-0.15, -0.1) is 0 Å². The van der Waals surface area contributed by atoms with Crippen molar-refractivity contribution in [1.29, 1.82) is 0 Å². The second kappa shape index (κ2) is 6.81. The van der Waals surface area contributed by atoms with Gasteiger partial charge in [-0.05, 0) is 25.7 Å². The third-order valence-electron chi connectivity index (χ3n) is 2.61. The van der Waals surface area contributed by atoms with Crippen molar-refractivity contribution in [1.82, 2.24) is 4.90 Å². The van der Waals surface area contributed by atoms with Gasteiger partial charge in [0.1, 0.15) is 6.10 Å². The van der Waals surface area contributed by atoms with Crippen LogP contribution in [-0.2, 0) is 9.53 Å². The molecule has 1 amide bonds. The van der Waals surface area contributed by atoms with Gasteiger partial charge in [0.05, 0.1) is 11.5 Å². The molecule has 1 rings (SSSR count). The van der Waals surface area contributed by atoms with Crippen LogP contribution in [0, 0.1) is 0 Å². The molecule has 16 heavy (non-hydrogen) atoms.